The molecule has 0 saturated carbocycles. The number of anilines is 1. The van der Waals surface area contributed by atoms with Crippen molar-refractivity contribution in [3.8, 4) is 0 Å². The number of halogens is 3. The molecule has 4 rings (SSSR count). The molecule has 9 heteroatoms. The van der Waals surface area contributed by atoms with Crippen LogP contribution in [-0.4, -0.2) is 47.9 Å². The summed E-state index contributed by atoms with van der Waals surface area (Å²) in [5.74, 6) is -0.410. The lowest BCUT2D eigenvalue weighted by Crippen LogP contribution is -2.48. The normalized spacial score (nSPS) is 19.3. The molecule has 0 bridgehead atoms. The number of hydrogen-bond acceptors (Lipinski definition) is 5. The first-order valence-corrected chi connectivity index (χ1v) is 12.6. The van der Waals surface area contributed by atoms with E-state index in [-0.39, 0.29) is 36.2 Å². The molecule has 2 aromatic rings. The molecule has 1 fully saturated rings. The second kappa shape index (κ2) is 10.2. The van der Waals surface area contributed by atoms with Crippen LogP contribution < -0.4 is 4.90 Å². The van der Waals surface area contributed by atoms with Crippen molar-refractivity contribution in [2.45, 2.75) is 30.6 Å². The molecule has 1 aliphatic heterocycles. The highest BCUT2D eigenvalue weighted by atomic mass is 35.5. The van der Waals surface area contributed by atoms with Gasteiger partial charge in [0, 0.05) is 61.8 Å². The zero-order valence-corrected chi connectivity index (χ0v) is 21.1. The van der Waals surface area contributed by atoms with Crippen LogP contribution in [0.3, 0.4) is 0 Å². The Bertz CT molecular complexity index is 1130. The molecule has 174 valence electrons. The number of rotatable bonds is 4. The molecule has 2 aromatic carbocycles. The molecule has 5 nitrogen and oxygen atoms in total. The number of hydrogen-bond donors (Lipinski definition) is 1. The Labute approximate surface area is 212 Å². The number of carbonyl (C=O) groups is 2. The molecule has 1 aliphatic carbocycles. The Morgan fingerprint density at radius 1 is 1.00 bits per heavy atom. The van der Waals surface area contributed by atoms with Crippen LogP contribution in [0.1, 0.15) is 31.2 Å². The standard InChI is InChI=1S/C24H23Cl3N2O3S/c1-14(30)28-8-10-29(11-9-28)18-7-6-17(26)22(23(18)27)15-12-19(31)24(20(32)13-15)33-21-5-3-2-4-16(21)25/h2-7,15,31H,8-13H2,1H3. The minimum absolute atomic E-state index is 0.0220. The van der Waals surface area contributed by atoms with Crippen LogP contribution in [0.5, 0.6) is 0 Å². The topological polar surface area (TPSA) is 60.9 Å². The SMILES string of the molecule is CC(=O)N1CCN(c2ccc(Cl)c(C3CC(=O)C(Sc4ccccc4Cl)=C(O)C3)c2Cl)CC1. The Hall–Kier alpha value is -1.86. The van der Waals surface area contributed by atoms with Gasteiger partial charge in [0.15, 0.2) is 5.78 Å². The average Bonchev–Trinajstić information content (AvgIpc) is 2.78. The van der Waals surface area contributed by atoms with Crippen LogP contribution in [0.2, 0.25) is 15.1 Å². The third-order valence-corrected chi connectivity index (χ3v) is 8.43. The summed E-state index contributed by atoms with van der Waals surface area (Å²) in [7, 11) is 0. The van der Waals surface area contributed by atoms with Gasteiger partial charge in [-0.25, -0.2) is 0 Å². The monoisotopic (exact) mass is 524 g/mol. The van der Waals surface area contributed by atoms with Crippen LogP contribution in [0.25, 0.3) is 0 Å². The number of aliphatic hydroxyl groups excluding tert-OH is 1. The molecule has 0 radical (unpaired) electrons. The van der Waals surface area contributed by atoms with Crippen molar-refractivity contribution in [3.05, 3.63) is 67.7 Å². The van der Waals surface area contributed by atoms with E-state index in [1.807, 2.05) is 29.2 Å². The molecule has 1 heterocycles. The molecular weight excluding hydrogens is 503 g/mol. The summed E-state index contributed by atoms with van der Waals surface area (Å²) < 4.78 is 0. The van der Waals surface area contributed by atoms with Crippen LogP contribution in [0.4, 0.5) is 5.69 Å². The Balaban J connectivity index is 1.58. The molecule has 2 aliphatic rings. The minimum Gasteiger partial charge on any atom is -0.511 e. The van der Waals surface area contributed by atoms with Crippen LogP contribution in [0, 0.1) is 0 Å². The zero-order valence-electron chi connectivity index (χ0n) is 18.0. The van der Waals surface area contributed by atoms with Crippen molar-refractivity contribution < 1.29 is 14.7 Å². The van der Waals surface area contributed by atoms with E-state index in [2.05, 4.69) is 4.90 Å². The molecule has 33 heavy (non-hydrogen) atoms. The first-order valence-electron chi connectivity index (χ1n) is 10.6. The Kier molecular flexibility index (Phi) is 7.49. The predicted octanol–water partition coefficient (Wildman–Crippen LogP) is 6.32. The van der Waals surface area contributed by atoms with E-state index in [0.29, 0.717) is 51.7 Å². The fraction of sp³-hybridized carbons (Fsp3) is 0.333. The fourth-order valence-corrected chi connectivity index (χ4v) is 6.25. The highest BCUT2D eigenvalue weighted by Gasteiger charge is 2.33. The Morgan fingerprint density at radius 2 is 1.70 bits per heavy atom. The quantitative estimate of drug-likeness (QED) is 0.506. The first-order chi connectivity index (χ1) is 15.8. The zero-order chi connectivity index (χ0) is 23.7. The van der Waals surface area contributed by atoms with E-state index in [1.54, 1.807) is 19.1 Å². The number of carbonyl (C=O) groups excluding carboxylic acids is 2. The molecular formula is C24H23Cl3N2O3S. The average molecular weight is 526 g/mol. The van der Waals surface area contributed by atoms with E-state index in [0.717, 1.165) is 10.6 Å². The van der Waals surface area contributed by atoms with E-state index in [4.69, 9.17) is 34.8 Å². The second-order valence-electron chi connectivity index (χ2n) is 8.12. The maximum Gasteiger partial charge on any atom is 0.219 e. The van der Waals surface area contributed by atoms with Crippen molar-refractivity contribution in [2.75, 3.05) is 31.1 Å². The number of aliphatic hydroxyl groups is 1. The van der Waals surface area contributed by atoms with Gasteiger partial charge in [0.05, 0.1) is 20.6 Å². The molecule has 0 aromatic heterocycles. The van der Waals surface area contributed by atoms with Gasteiger partial charge in [-0.05, 0) is 29.8 Å². The molecule has 1 amide bonds. The lowest BCUT2D eigenvalue weighted by atomic mass is 9.85. The molecule has 1 unspecified atom stereocenters. The highest BCUT2D eigenvalue weighted by Crippen LogP contribution is 2.47. The summed E-state index contributed by atoms with van der Waals surface area (Å²) >= 11 is 20.8. The minimum atomic E-state index is -0.327. The van der Waals surface area contributed by atoms with E-state index >= 15 is 0 Å². The maximum absolute atomic E-state index is 13.0. The van der Waals surface area contributed by atoms with Crippen molar-refractivity contribution >= 4 is 63.9 Å². The van der Waals surface area contributed by atoms with E-state index in [9.17, 15) is 14.7 Å². The highest BCUT2D eigenvalue weighted by molar-refractivity contribution is 8.04. The third kappa shape index (κ3) is 5.14. The van der Waals surface area contributed by atoms with Crippen molar-refractivity contribution in [3.63, 3.8) is 0 Å². The third-order valence-electron chi connectivity index (χ3n) is 6.02. The molecule has 0 spiro atoms. The fourth-order valence-electron chi connectivity index (χ4n) is 4.27. The predicted molar refractivity (Wildman–Crippen MR) is 135 cm³/mol. The van der Waals surface area contributed by atoms with Gasteiger partial charge < -0.3 is 14.9 Å². The van der Waals surface area contributed by atoms with Crippen LogP contribution in [0.15, 0.2) is 52.0 Å². The maximum atomic E-state index is 13.0. The first kappa shape index (κ1) is 24.3. The lowest BCUT2D eigenvalue weighted by Gasteiger charge is -2.37. The summed E-state index contributed by atoms with van der Waals surface area (Å²) in [6.45, 7) is 4.14. The number of allylic oxidation sites excluding steroid dienone is 2. The number of amides is 1. The number of Topliss-reactive ketones (excluding diaryl/α,β-unsaturated/α-hetero) is 1. The Morgan fingerprint density at radius 3 is 2.33 bits per heavy atom. The summed E-state index contributed by atoms with van der Waals surface area (Å²) in [4.78, 5) is 29.6. The molecule has 1 saturated heterocycles. The summed E-state index contributed by atoms with van der Waals surface area (Å²) in [5, 5.41) is 12.3. The van der Waals surface area contributed by atoms with Gasteiger partial charge in [-0.15, -0.1) is 0 Å². The van der Waals surface area contributed by atoms with Crippen LogP contribution in [-0.2, 0) is 9.59 Å². The molecule has 1 atom stereocenters. The number of ketones is 1. The van der Waals surface area contributed by atoms with Gasteiger partial charge in [0.25, 0.3) is 0 Å². The molecule has 1 N–H and O–H groups in total. The number of thioether (sulfide) groups is 1. The van der Waals surface area contributed by atoms with Crippen LogP contribution >= 0.6 is 46.6 Å². The van der Waals surface area contributed by atoms with E-state index in [1.165, 1.54) is 11.8 Å². The van der Waals surface area contributed by atoms with Gasteiger partial charge in [-0.3, -0.25) is 9.59 Å². The van der Waals surface area contributed by atoms with Gasteiger partial charge in [0.2, 0.25) is 5.91 Å². The van der Waals surface area contributed by atoms with Crippen molar-refractivity contribution in [2.24, 2.45) is 0 Å². The number of benzene rings is 2. The van der Waals surface area contributed by atoms with Crippen molar-refractivity contribution in [1.29, 1.82) is 0 Å². The summed E-state index contributed by atoms with van der Waals surface area (Å²) in [5.41, 5.74) is 1.50. The van der Waals surface area contributed by atoms with E-state index < -0.39 is 0 Å². The number of piperazine rings is 1. The summed E-state index contributed by atoms with van der Waals surface area (Å²) in [6, 6.07) is 10.9. The van der Waals surface area contributed by atoms with Crippen molar-refractivity contribution in [1.82, 2.24) is 4.90 Å². The lowest BCUT2D eigenvalue weighted by molar-refractivity contribution is -0.129. The van der Waals surface area contributed by atoms with Gasteiger partial charge in [0.1, 0.15) is 5.76 Å². The van der Waals surface area contributed by atoms with Gasteiger partial charge in [-0.2, -0.15) is 0 Å². The second-order valence-corrected chi connectivity index (χ2v) is 10.4. The smallest absolute Gasteiger partial charge is 0.219 e. The number of nitrogens with zero attached hydrogens (tertiary/aromatic N) is 2. The van der Waals surface area contributed by atoms with Gasteiger partial charge in [-0.1, -0.05) is 58.7 Å². The largest absolute Gasteiger partial charge is 0.511 e. The summed E-state index contributed by atoms with van der Waals surface area (Å²) in [6.07, 6.45) is 0.456. The van der Waals surface area contributed by atoms with Gasteiger partial charge >= 0.3 is 0 Å².